The summed E-state index contributed by atoms with van der Waals surface area (Å²) in [5.41, 5.74) is -3.92. The van der Waals surface area contributed by atoms with Gasteiger partial charge in [0, 0.05) is 36.7 Å². The number of rotatable bonds is 7. The van der Waals surface area contributed by atoms with Gasteiger partial charge in [-0.15, -0.1) is 0 Å². The minimum Gasteiger partial charge on any atom is -0.458 e. The lowest BCUT2D eigenvalue weighted by Crippen LogP contribution is -2.69. The SMILES string of the molecule is C[C@H]1O[C@@H](O[C@H]2CC[C@]3(C=O)[C@H]4CC[C@]5(C)[C@@H](C6=CC(=O)OC6)[C@@H](O)C[C@]5(O)[C@@H]4CC[C@]3(O)C2)C[C@H](O)[C@H]1O[C@@H]1O[C@H](CO)[C@@H](O)[C@H](O)[C@H]1O. The van der Waals surface area contributed by atoms with Crippen LogP contribution >= 0.6 is 0 Å². The fourth-order valence-electron chi connectivity index (χ4n) is 11.4. The number of aliphatic hydroxyl groups is 8. The average Bonchev–Trinajstić information content (AvgIpc) is 3.57. The Bertz CT molecular complexity index is 1330. The molecule has 4 saturated carbocycles. The number of carbonyl (C=O) groups excluding carboxylic acids is 2. The van der Waals surface area contributed by atoms with E-state index in [2.05, 4.69) is 0 Å². The highest BCUT2D eigenvalue weighted by molar-refractivity contribution is 5.85. The van der Waals surface area contributed by atoms with Gasteiger partial charge in [-0.25, -0.2) is 4.79 Å². The molecule has 0 bridgehead atoms. The molecule has 0 amide bonds. The van der Waals surface area contributed by atoms with E-state index in [0.29, 0.717) is 37.7 Å². The summed E-state index contributed by atoms with van der Waals surface area (Å²) < 4.78 is 28.7. The lowest BCUT2D eigenvalue weighted by molar-refractivity contribution is -0.345. The maximum atomic E-state index is 13.2. The van der Waals surface area contributed by atoms with Crippen LogP contribution in [0.5, 0.6) is 0 Å². The van der Waals surface area contributed by atoms with Crippen LogP contribution in [0.3, 0.4) is 0 Å². The van der Waals surface area contributed by atoms with Crippen molar-refractivity contribution >= 4 is 12.3 Å². The van der Waals surface area contributed by atoms with Crippen LogP contribution in [0, 0.1) is 28.6 Å². The van der Waals surface area contributed by atoms with Gasteiger partial charge in [0.05, 0.1) is 47.6 Å². The maximum absolute atomic E-state index is 13.2. The van der Waals surface area contributed by atoms with Crippen molar-refractivity contribution < 1.29 is 74.1 Å². The molecule has 0 radical (unpaired) electrons. The number of hydrogen-bond donors (Lipinski definition) is 8. The third-order valence-corrected chi connectivity index (χ3v) is 13.9. The van der Waals surface area contributed by atoms with E-state index in [1.54, 1.807) is 6.92 Å². The molecule has 6 fully saturated rings. The van der Waals surface area contributed by atoms with Gasteiger partial charge in [0.1, 0.15) is 43.4 Å². The van der Waals surface area contributed by atoms with Crippen molar-refractivity contribution in [3.63, 3.8) is 0 Å². The molecule has 0 aromatic carbocycles. The lowest BCUT2D eigenvalue weighted by Gasteiger charge is -2.65. The summed E-state index contributed by atoms with van der Waals surface area (Å²) in [4.78, 5) is 25.1. The first-order valence-electron chi connectivity index (χ1n) is 18.0. The Kier molecular flexibility index (Phi) is 9.60. The van der Waals surface area contributed by atoms with Crippen molar-refractivity contribution in [2.45, 2.75) is 150 Å². The largest absolute Gasteiger partial charge is 0.458 e. The summed E-state index contributed by atoms with van der Waals surface area (Å²) in [5.74, 6) is -1.58. The van der Waals surface area contributed by atoms with Crippen LogP contribution in [0.2, 0.25) is 0 Å². The minimum absolute atomic E-state index is 0.0208. The molecule has 7 aliphatic rings. The first-order valence-corrected chi connectivity index (χ1v) is 18.0. The van der Waals surface area contributed by atoms with E-state index in [0.717, 1.165) is 6.29 Å². The number of cyclic esters (lactones) is 1. The summed E-state index contributed by atoms with van der Waals surface area (Å²) >= 11 is 0. The van der Waals surface area contributed by atoms with E-state index in [4.69, 9.17) is 23.7 Å². The van der Waals surface area contributed by atoms with Crippen LogP contribution in [-0.4, -0.2) is 145 Å². The molecule has 2 saturated heterocycles. The molecular weight excluding hydrogens is 660 g/mol. The van der Waals surface area contributed by atoms with Gasteiger partial charge in [-0.2, -0.15) is 0 Å². The molecule has 7 rings (SSSR count). The molecule has 3 heterocycles. The number of esters is 1. The van der Waals surface area contributed by atoms with Gasteiger partial charge in [-0.3, -0.25) is 0 Å². The topological polar surface area (TPSA) is 242 Å². The third-order valence-electron chi connectivity index (χ3n) is 13.9. The molecular formula is C35H52O15. The number of carbonyl (C=O) groups is 2. The van der Waals surface area contributed by atoms with Gasteiger partial charge in [0.15, 0.2) is 12.6 Å². The number of hydrogen-bond acceptors (Lipinski definition) is 15. The summed E-state index contributed by atoms with van der Waals surface area (Å²) in [6.45, 7) is 3.07. The summed E-state index contributed by atoms with van der Waals surface area (Å²) in [7, 11) is 0. The Morgan fingerprint density at radius 1 is 0.920 bits per heavy atom. The van der Waals surface area contributed by atoms with Crippen LogP contribution < -0.4 is 0 Å². The molecule has 0 aromatic rings. The predicted molar refractivity (Wildman–Crippen MR) is 167 cm³/mol. The zero-order chi connectivity index (χ0) is 36.0. The minimum atomic E-state index is -1.64. The number of fused-ring (bicyclic) bond motifs is 5. The summed E-state index contributed by atoms with van der Waals surface area (Å²) in [5, 5.41) is 87.2. The highest BCUT2D eigenvalue weighted by Crippen LogP contribution is 2.70. The maximum Gasteiger partial charge on any atom is 0.331 e. The van der Waals surface area contributed by atoms with Crippen LogP contribution in [-0.2, 0) is 33.3 Å². The fourth-order valence-corrected chi connectivity index (χ4v) is 11.4. The second kappa shape index (κ2) is 13.1. The smallest absolute Gasteiger partial charge is 0.331 e. The van der Waals surface area contributed by atoms with Gasteiger partial charge >= 0.3 is 5.97 Å². The van der Waals surface area contributed by atoms with Crippen molar-refractivity contribution in [3.05, 3.63) is 11.6 Å². The van der Waals surface area contributed by atoms with Crippen LogP contribution in [0.25, 0.3) is 0 Å². The second-order valence-corrected chi connectivity index (χ2v) is 16.3. The van der Waals surface area contributed by atoms with Crippen LogP contribution in [0.4, 0.5) is 0 Å². The van der Waals surface area contributed by atoms with Gasteiger partial charge in [0.25, 0.3) is 0 Å². The number of ether oxygens (including phenoxy) is 5. The molecule has 4 aliphatic carbocycles. The summed E-state index contributed by atoms with van der Waals surface area (Å²) in [6.07, 6.45) is -7.56. The quantitative estimate of drug-likeness (QED) is 0.0858. The van der Waals surface area contributed by atoms with Gasteiger partial charge in [-0.1, -0.05) is 6.92 Å². The van der Waals surface area contributed by atoms with E-state index in [1.807, 2.05) is 6.92 Å². The zero-order valence-electron chi connectivity index (χ0n) is 28.5. The molecule has 15 nitrogen and oxygen atoms in total. The van der Waals surface area contributed by atoms with E-state index < -0.39 is 108 Å². The summed E-state index contributed by atoms with van der Waals surface area (Å²) in [6, 6.07) is 0. The van der Waals surface area contributed by atoms with E-state index in [1.165, 1.54) is 6.08 Å². The number of aldehydes is 1. The van der Waals surface area contributed by atoms with Crippen LogP contribution in [0.15, 0.2) is 11.6 Å². The molecule has 3 aliphatic heterocycles. The molecule has 0 aromatic heterocycles. The second-order valence-electron chi connectivity index (χ2n) is 16.3. The van der Waals surface area contributed by atoms with E-state index >= 15 is 0 Å². The Morgan fingerprint density at radius 3 is 2.32 bits per heavy atom. The highest BCUT2D eigenvalue weighted by Gasteiger charge is 2.73. The van der Waals surface area contributed by atoms with Crippen molar-refractivity contribution in [1.29, 1.82) is 0 Å². The Labute approximate surface area is 290 Å². The molecule has 8 N–H and O–H groups in total. The molecule has 15 heteroatoms. The molecule has 282 valence electrons. The van der Waals surface area contributed by atoms with Crippen molar-refractivity contribution in [2.24, 2.45) is 28.6 Å². The Morgan fingerprint density at radius 2 is 1.66 bits per heavy atom. The first kappa shape index (κ1) is 36.7. The molecule has 18 atom stereocenters. The first-order chi connectivity index (χ1) is 23.6. The van der Waals surface area contributed by atoms with Gasteiger partial charge < -0.3 is 69.3 Å². The fraction of sp³-hybridized carbons (Fsp3) is 0.886. The van der Waals surface area contributed by atoms with E-state index in [9.17, 15) is 50.4 Å². The zero-order valence-corrected chi connectivity index (χ0v) is 28.5. The highest BCUT2D eigenvalue weighted by atomic mass is 16.7. The lowest BCUT2D eigenvalue weighted by atomic mass is 9.41. The van der Waals surface area contributed by atoms with E-state index in [-0.39, 0.29) is 44.1 Å². The van der Waals surface area contributed by atoms with Crippen molar-refractivity contribution in [3.8, 4) is 0 Å². The van der Waals surface area contributed by atoms with Gasteiger partial charge in [-0.05, 0) is 62.9 Å². The van der Waals surface area contributed by atoms with Crippen molar-refractivity contribution in [2.75, 3.05) is 13.2 Å². The molecule has 50 heavy (non-hydrogen) atoms. The van der Waals surface area contributed by atoms with Crippen molar-refractivity contribution in [1.82, 2.24) is 0 Å². The molecule has 0 spiro atoms. The normalized spacial score (nSPS) is 55.0. The number of aliphatic hydroxyl groups excluding tert-OH is 6. The molecule has 0 unspecified atom stereocenters. The van der Waals surface area contributed by atoms with Crippen LogP contribution in [0.1, 0.15) is 71.6 Å². The predicted octanol–water partition coefficient (Wildman–Crippen LogP) is -1.43. The third kappa shape index (κ3) is 5.46. The average molecular weight is 713 g/mol. The monoisotopic (exact) mass is 712 g/mol. The van der Waals surface area contributed by atoms with Gasteiger partial charge in [0.2, 0.25) is 0 Å². The Balaban J connectivity index is 1.01. The standard InChI is InChI=1S/C35H52O15/c1-16-30(50-31-29(43)28(42)27(41)23(13-36)49-31)21(38)10-25(47-16)48-18-3-7-33(15-37)19-4-6-32(2)26(17-9-24(40)46-14-17)22(39)12-35(32,45)20(19)5-8-34(33,44)11-18/h9,15-16,18-23,25-31,36,38-39,41-45H,3-8,10-14H2,1-2H3/t16-,18+,19+,20-,21+,22+,23-,25+,26+,27-,28+,29-,30+,31+,32-,33+,34+,35+/m1/s1. The Hall–Kier alpha value is -1.60.